The maximum atomic E-state index is 12.9. The highest BCUT2D eigenvalue weighted by Crippen LogP contribution is 2.31. The number of aliphatic imine (C=N–C) groups is 1. The molecule has 0 saturated carbocycles. The number of guanidine groups is 1. The van der Waals surface area contributed by atoms with Crippen molar-refractivity contribution in [2.24, 2.45) is 10.7 Å². The fraction of sp³-hybridized carbons (Fsp3) is 0.611. The Morgan fingerprint density at radius 2 is 1.78 bits per heavy atom. The molecule has 1 aromatic carbocycles. The smallest absolute Gasteiger partial charge is 0.370 e. The van der Waals surface area contributed by atoms with Crippen LogP contribution >= 0.6 is 11.8 Å². The molecule has 0 bridgehead atoms. The molecule has 0 aromatic heterocycles. The van der Waals surface area contributed by atoms with Crippen molar-refractivity contribution in [2.75, 3.05) is 68.8 Å². The van der Waals surface area contributed by atoms with Crippen molar-refractivity contribution in [3.63, 3.8) is 0 Å². The highest BCUT2D eigenvalue weighted by Gasteiger charge is 2.31. The van der Waals surface area contributed by atoms with Gasteiger partial charge in [-0.25, -0.2) is 0 Å². The summed E-state index contributed by atoms with van der Waals surface area (Å²) in [5.74, 6) is 2.81. The molecule has 0 spiro atoms. The molecule has 150 valence electrons. The van der Waals surface area contributed by atoms with E-state index in [9.17, 15) is 13.2 Å². The number of thioether (sulfide) groups is 1. The van der Waals surface area contributed by atoms with E-state index >= 15 is 0 Å². The van der Waals surface area contributed by atoms with Crippen LogP contribution in [0.4, 0.5) is 18.9 Å². The third kappa shape index (κ3) is 5.68. The van der Waals surface area contributed by atoms with Gasteiger partial charge in [-0.1, -0.05) is 6.07 Å². The fourth-order valence-electron chi connectivity index (χ4n) is 3.31. The molecule has 2 aliphatic rings. The van der Waals surface area contributed by atoms with Crippen LogP contribution in [0.15, 0.2) is 29.3 Å². The van der Waals surface area contributed by atoms with Crippen molar-refractivity contribution in [2.45, 2.75) is 6.18 Å². The summed E-state index contributed by atoms with van der Waals surface area (Å²) >= 11 is 1.94. The monoisotopic (exact) mass is 401 g/mol. The van der Waals surface area contributed by atoms with Gasteiger partial charge in [0, 0.05) is 63.0 Å². The van der Waals surface area contributed by atoms with Crippen LogP contribution in [0.5, 0.6) is 0 Å². The number of hydrogen-bond donors (Lipinski definition) is 1. The summed E-state index contributed by atoms with van der Waals surface area (Å²) < 4.78 is 38.6. The van der Waals surface area contributed by atoms with Crippen molar-refractivity contribution >= 4 is 23.4 Å². The first-order valence-electron chi connectivity index (χ1n) is 9.20. The molecule has 0 atom stereocenters. The zero-order valence-corrected chi connectivity index (χ0v) is 16.1. The molecule has 2 saturated heterocycles. The number of hydrogen-bond acceptors (Lipinski definition) is 4. The summed E-state index contributed by atoms with van der Waals surface area (Å²) in [6.07, 6.45) is -4.30. The maximum absolute atomic E-state index is 12.9. The van der Waals surface area contributed by atoms with Gasteiger partial charge in [-0.05, 0) is 18.2 Å². The second kappa shape index (κ2) is 9.05. The van der Waals surface area contributed by atoms with E-state index in [1.807, 2.05) is 16.7 Å². The Labute approximate surface area is 162 Å². The number of nitrogens with two attached hydrogens (primary N) is 1. The van der Waals surface area contributed by atoms with Crippen LogP contribution in [-0.2, 0) is 6.18 Å². The standard InChI is InChI=1S/C18H26F3N5S/c19-18(20,21)15-2-1-3-16(14-15)25-8-6-24(7-9-25)5-4-23-17(22)26-10-12-27-13-11-26/h1-3,14H,4-13H2,(H2,22,23). The highest BCUT2D eigenvalue weighted by atomic mass is 32.2. The highest BCUT2D eigenvalue weighted by molar-refractivity contribution is 7.99. The zero-order valence-electron chi connectivity index (χ0n) is 15.3. The van der Waals surface area contributed by atoms with Gasteiger partial charge in [0.1, 0.15) is 0 Å². The molecule has 0 aliphatic carbocycles. The van der Waals surface area contributed by atoms with Crippen LogP contribution in [0, 0.1) is 0 Å². The molecule has 5 nitrogen and oxygen atoms in total. The van der Waals surface area contributed by atoms with Gasteiger partial charge in [-0.3, -0.25) is 9.89 Å². The zero-order chi connectivity index (χ0) is 19.3. The molecule has 0 unspecified atom stereocenters. The van der Waals surface area contributed by atoms with E-state index in [4.69, 9.17) is 5.73 Å². The molecule has 2 N–H and O–H groups in total. The Hall–Kier alpha value is -1.61. The molecule has 1 aromatic rings. The lowest BCUT2D eigenvalue weighted by atomic mass is 10.1. The van der Waals surface area contributed by atoms with Crippen molar-refractivity contribution < 1.29 is 13.2 Å². The molecular weight excluding hydrogens is 375 g/mol. The number of nitrogens with zero attached hydrogens (tertiary/aromatic N) is 4. The van der Waals surface area contributed by atoms with E-state index in [1.54, 1.807) is 6.07 Å². The Kier molecular flexibility index (Phi) is 6.75. The minimum Gasteiger partial charge on any atom is -0.370 e. The average molecular weight is 402 g/mol. The number of halogens is 3. The van der Waals surface area contributed by atoms with E-state index in [0.29, 0.717) is 31.3 Å². The summed E-state index contributed by atoms with van der Waals surface area (Å²) in [6.45, 7) is 6.43. The van der Waals surface area contributed by atoms with Gasteiger partial charge in [0.05, 0.1) is 12.1 Å². The van der Waals surface area contributed by atoms with Crippen LogP contribution in [-0.4, -0.2) is 79.6 Å². The average Bonchev–Trinajstić information content (AvgIpc) is 2.68. The van der Waals surface area contributed by atoms with Crippen LogP contribution in [0.2, 0.25) is 0 Å². The van der Waals surface area contributed by atoms with Gasteiger partial charge < -0.3 is 15.5 Å². The number of benzene rings is 1. The van der Waals surface area contributed by atoms with E-state index in [0.717, 1.165) is 50.3 Å². The Morgan fingerprint density at radius 3 is 2.44 bits per heavy atom. The Morgan fingerprint density at radius 1 is 1.07 bits per heavy atom. The second-order valence-corrected chi connectivity index (χ2v) is 7.94. The van der Waals surface area contributed by atoms with E-state index < -0.39 is 11.7 Å². The van der Waals surface area contributed by atoms with Crippen molar-refractivity contribution in [1.82, 2.24) is 9.80 Å². The van der Waals surface area contributed by atoms with Crippen LogP contribution in [0.1, 0.15) is 5.56 Å². The fourth-order valence-corrected chi connectivity index (χ4v) is 4.21. The first-order valence-corrected chi connectivity index (χ1v) is 10.4. The number of rotatable bonds is 4. The maximum Gasteiger partial charge on any atom is 0.416 e. The normalized spacial score (nSPS) is 20.2. The minimum atomic E-state index is -4.30. The largest absolute Gasteiger partial charge is 0.416 e. The van der Waals surface area contributed by atoms with Gasteiger partial charge in [0.15, 0.2) is 5.96 Å². The summed E-state index contributed by atoms with van der Waals surface area (Å²) in [5, 5.41) is 0. The molecule has 2 heterocycles. The first-order chi connectivity index (χ1) is 12.9. The SMILES string of the molecule is NC(=NCCN1CCN(c2cccc(C(F)(F)F)c2)CC1)N1CCSCC1. The molecule has 3 rings (SSSR count). The van der Waals surface area contributed by atoms with Gasteiger partial charge >= 0.3 is 6.18 Å². The molecule has 2 fully saturated rings. The quantitative estimate of drug-likeness (QED) is 0.619. The predicted octanol–water partition coefficient (Wildman–Crippen LogP) is 2.19. The molecular formula is C18H26F3N5S. The van der Waals surface area contributed by atoms with Crippen molar-refractivity contribution in [3.05, 3.63) is 29.8 Å². The van der Waals surface area contributed by atoms with E-state index in [-0.39, 0.29) is 0 Å². The third-order valence-corrected chi connectivity index (χ3v) is 5.88. The molecule has 0 radical (unpaired) electrons. The van der Waals surface area contributed by atoms with Crippen LogP contribution in [0.25, 0.3) is 0 Å². The summed E-state index contributed by atoms with van der Waals surface area (Å²) in [5.41, 5.74) is 6.10. The lowest BCUT2D eigenvalue weighted by Gasteiger charge is -2.36. The lowest BCUT2D eigenvalue weighted by molar-refractivity contribution is -0.137. The molecule has 27 heavy (non-hydrogen) atoms. The molecule has 9 heteroatoms. The summed E-state index contributed by atoms with van der Waals surface area (Å²) in [7, 11) is 0. The second-order valence-electron chi connectivity index (χ2n) is 6.72. The number of alkyl halides is 3. The van der Waals surface area contributed by atoms with Gasteiger partial charge in [0.2, 0.25) is 0 Å². The van der Waals surface area contributed by atoms with Crippen molar-refractivity contribution in [1.29, 1.82) is 0 Å². The van der Waals surface area contributed by atoms with E-state index in [2.05, 4.69) is 14.8 Å². The molecule has 0 amide bonds. The molecule has 2 aliphatic heterocycles. The summed E-state index contributed by atoms with van der Waals surface area (Å²) in [6, 6.07) is 5.56. The summed E-state index contributed by atoms with van der Waals surface area (Å²) in [4.78, 5) is 10.9. The van der Waals surface area contributed by atoms with Crippen LogP contribution in [0.3, 0.4) is 0 Å². The first kappa shape index (κ1) is 20.1. The lowest BCUT2D eigenvalue weighted by Crippen LogP contribution is -2.47. The number of piperazine rings is 1. The van der Waals surface area contributed by atoms with Gasteiger partial charge in [-0.15, -0.1) is 0 Å². The van der Waals surface area contributed by atoms with Gasteiger partial charge in [-0.2, -0.15) is 24.9 Å². The number of anilines is 1. The topological polar surface area (TPSA) is 48.1 Å². The Bertz CT molecular complexity index is 638. The van der Waals surface area contributed by atoms with E-state index in [1.165, 1.54) is 12.1 Å². The predicted molar refractivity (Wildman–Crippen MR) is 105 cm³/mol. The minimum absolute atomic E-state index is 0.594. The third-order valence-electron chi connectivity index (χ3n) is 4.94. The van der Waals surface area contributed by atoms with Crippen molar-refractivity contribution in [3.8, 4) is 0 Å². The van der Waals surface area contributed by atoms with Gasteiger partial charge in [0.25, 0.3) is 0 Å². The van der Waals surface area contributed by atoms with Crippen LogP contribution < -0.4 is 10.6 Å². The Balaban J connectivity index is 1.45.